The quantitative estimate of drug-likeness (QED) is 0.795. The number of urea groups is 1. The molecule has 2 amide bonds. The summed E-state index contributed by atoms with van der Waals surface area (Å²) in [5, 5.41) is 5.70. The summed E-state index contributed by atoms with van der Waals surface area (Å²) in [6, 6.07) is 7.97. The molecule has 20 heavy (non-hydrogen) atoms. The van der Waals surface area contributed by atoms with E-state index in [4.69, 9.17) is 0 Å². The fourth-order valence-electron chi connectivity index (χ4n) is 2.00. The van der Waals surface area contributed by atoms with Crippen molar-refractivity contribution in [3.05, 3.63) is 30.6 Å². The van der Waals surface area contributed by atoms with Crippen LogP contribution >= 0.6 is 0 Å². The maximum absolute atomic E-state index is 11.5. The molecule has 0 aliphatic heterocycles. The Morgan fingerprint density at radius 3 is 2.90 bits per heavy atom. The summed E-state index contributed by atoms with van der Waals surface area (Å²) in [6.07, 6.45) is 2.74. The molecule has 5 nitrogen and oxygen atoms in total. The lowest BCUT2D eigenvalue weighted by atomic mass is 10.2. The van der Waals surface area contributed by atoms with E-state index in [2.05, 4.69) is 40.1 Å². The number of fused-ring (bicyclic) bond motifs is 1. The second-order valence-corrected chi connectivity index (χ2v) is 5.31. The maximum Gasteiger partial charge on any atom is 0.314 e. The Balaban J connectivity index is 1.72. The molecule has 5 heteroatoms. The zero-order valence-corrected chi connectivity index (χ0v) is 12.1. The number of hydrogen-bond acceptors (Lipinski definition) is 2. The summed E-state index contributed by atoms with van der Waals surface area (Å²) in [5.74, 6) is 0.470. The molecule has 0 saturated carbocycles. The van der Waals surface area contributed by atoms with Crippen LogP contribution in [0, 0.1) is 5.92 Å². The van der Waals surface area contributed by atoms with Crippen LogP contribution in [-0.4, -0.2) is 28.7 Å². The molecule has 0 aliphatic rings. The third kappa shape index (κ3) is 3.98. The first kappa shape index (κ1) is 14.4. The molecule has 0 radical (unpaired) electrons. The van der Waals surface area contributed by atoms with E-state index in [0.29, 0.717) is 19.0 Å². The van der Waals surface area contributed by atoms with E-state index in [0.717, 1.165) is 24.0 Å². The van der Waals surface area contributed by atoms with Crippen LogP contribution in [-0.2, 0) is 6.54 Å². The Morgan fingerprint density at radius 1 is 1.30 bits per heavy atom. The smallest absolute Gasteiger partial charge is 0.314 e. The topological polar surface area (TPSA) is 59.0 Å². The molecule has 0 bridgehead atoms. The van der Waals surface area contributed by atoms with Crippen LogP contribution in [0.3, 0.4) is 0 Å². The van der Waals surface area contributed by atoms with Crippen LogP contribution in [0.4, 0.5) is 4.79 Å². The average Bonchev–Trinajstić information content (AvgIpc) is 2.85. The molecule has 0 aliphatic carbocycles. The second-order valence-electron chi connectivity index (χ2n) is 5.31. The van der Waals surface area contributed by atoms with Crippen LogP contribution < -0.4 is 10.6 Å². The number of nitrogens with one attached hydrogen (secondary N) is 2. The first-order chi connectivity index (χ1) is 9.66. The first-order valence-corrected chi connectivity index (χ1v) is 7.08. The highest BCUT2D eigenvalue weighted by atomic mass is 16.2. The number of imidazole rings is 1. The molecule has 0 unspecified atom stereocenters. The summed E-state index contributed by atoms with van der Waals surface area (Å²) in [6.45, 7) is 6.37. The van der Waals surface area contributed by atoms with Gasteiger partial charge < -0.3 is 15.2 Å². The van der Waals surface area contributed by atoms with Crippen LogP contribution in [0.2, 0.25) is 0 Å². The van der Waals surface area contributed by atoms with E-state index in [1.807, 2.05) is 24.5 Å². The predicted octanol–water partition coefficient (Wildman–Crippen LogP) is 2.38. The van der Waals surface area contributed by atoms with Gasteiger partial charge in [-0.15, -0.1) is 0 Å². The Kier molecular flexibility index (Phi) is 4.98. The molecule has 2 aromatic rings. The van der Waals surface area contributed by atoms with Crippen LogP contribution in [0.25, 0.3) is 11.0 Å². The Bertz CT molecular complexity index is 562. The van der Waals surface area contributed by atoms with E-state index in [1.54, 1.807) is 0 Å². The number of para-hydroxylation sites is 2. The minimum absolute atomic E-state index is 0.0887. The molecule has 1 aromatic carbocycles. The molecule has 108 valence electrons. The molecule has 0 fully saturated rings. The number of rotatable bonds is 6. The monoisotopic (exact) mass is 274 g/mol. The van der Waals surface area contributed by atoms with Gasteiger partial charge in [0.25, 0.3) is 0 Å². The van der Waals surface area contributed by atoms with Crippen molar-refractivity contribution in [2.75, 3.05) is 13.1 Å². The van der Waals surface area contributed by atoms with Crippen molar-refractivity contribution in [1.29, 1.82) is 0 Å². The summed E-state index contributed by atoms with van der Waals surface area (Å²) in [5.41, 5.74) is 2.15. The van der Waals surface area contributed by atoms with Crippen LogP contribution in [0.1, 0.15) is 20.3 Å². The number of aryl methyl sites for hydroxylation is 1. The first-order valence-electron chi connectivity index (χ1n) is 7.08. The maximum atomic E-state index is 11.5. The van der Waals surface area contributed by atoms with E-state index < -0.39 is 0 Å². The van der Waals surface area contributed by atoms with E-state index in [9.17, 15) is 4.79 Å². The van der Waals surface area contributed by atoms with Crippen molar-refractivity contribution < 1.29 is 4.79 Å². The number of hydrogen-bond donors (Lipinski definition) is 2. The Morgan fingerprint density at radius 2 is 2.10 bits per heavy atom. The van der Waals surface area contributed by atoms with Gasteiger partial charge in [0.05, 0.1) is 17.4 Å². The highest BCUT2D eigenvalue weighted by Crippen LogP contribution is 2.11. The summed E-state index contributed by atoms with van der Waals surface area (Å²) < 4.78 is 2.11. The lowest BCUT2D eigenvalue weighted by Gasteiger charge is -2.09. The molecular formula is C15H22N4O. The van der Waals surface area contributed by atoms with Crippen molar-refractivity contribution in [3.8, 4) is 0 Å². The molecule has 0 saturated heterocycles. The highest BCUT2D eigenvalue weighted by Gasteiger charge is 2.02. The van der Waals surface area contributed by atoms with Gasteiger partial charge in [0.2, 0.25) is 0 Å². The second kappa shape index (κ2) is 6.93. The molecule has 1 heterocycles. The SMILES string of the molecule is CC(C)CNC(=O)NCCCn1cnc2ccccc21. The third-order valence-electron chi connectivity index (χ3n) is 3.06. The van der Waals surface area contributed by atoms with Gasteiger partial charge in [-0.3, -0.25) is 0 Å². The summed E-state index contributed by atoms with van der Waals surface area (Å²) in [7, 11) is 0. The van der Waals surface area contributed by atoms with Gasteiger partial charge in [0.1, 0.15) is 0 Å². The number of carbonyl (C=O) groups is 1. The molecule has 2 rings (SSSR count). The van der Waals surface area contributed by atoms with E-state index in [1.165, 1.54) is 0 Å². The highest BCUT2D eigenvalue weighted by molar-refractivity contribution is 5.75. The van der Waals surface area contributed by atoms with Gasteiger partial charge in [0.15, 0.2) is 0 Å². The van der Waals surface area contributed by atoms with Crippen LogP contribution in [0.5, 0.6) is 0 Å². The van der Waals surface area contributed by atoms with Gasteiger partial charge in [0, 0.05) is 19.6 Å². The van der Waals surface area contributed by atoms with Gasteiger partial charge in [-0.25, -0.2) is 9.78 Å². The minimum Gasteiger partial charge on any atom is -0.338 e. The third-order valence-corrected chi connectivity index (χ3v) is 3.06. The van der Waals surface area contributed by atoms with Crippen LogP contribution in [0.15, 0.2) is 30.6 Å². The fraction of sp³-hybridized carbons (Fsp3) is 0.467. The Labute approximate surface area is 119 Å². The molecule has 2 N–H and O–H groups in total. The standard InChI is InChI=1S/C15H22N4O/c1-12(2)10-17-15(20)16-8-5-9-19-11-18-13-6-3-4-7-14(13)19/h3-4,6-7,11-12H,5,8-10H2,1-2H3,(H2,16,17,20). The minimum atomic E-state index is -0.0887. The number of carbonyl (C=O) groups excluding carboxylic acids is 1. The van der Waals surface area contributed by atoms with Gasteiger partial charge in [-0.1, -0.05) is 26.0 Å². The van der Waals surface area contributed by atoms with Gasteiger partial charge in [-0.2, -0.15) is 0 Å². The van der Waals surface area contributed by atoms with Crippen molar-refractivity contribution in [2.24, 2.45) is 5.92 Å². The van der Waals surface area contributed by atoms with Crippen molar-refractivity contribution >= 4 is 17.1 Å². The van der Waals surface area contributed by atoms with E-state index >= 15 is 0 Å². The van der Waals surface area contributed by atoms with Gasteiger partial charge >= 0.3 is 6.03 Å². The average molecular weight is 274 g/mol. The number of amides is 2. The normalized spacial score (nSPS) is 10.9. The van der Waals surface area contributed by atoms with Crippen molar-refractivity contribution in [2.45, 2.75) is 26.8 Å². The number of nitrogens with zero attached hydrogens (tertiary/aromatic N) is 2. The Hall–Kier alpha value is -2.04. The molecular weight excluding hydrogens is 252 g/mol. The predicted molar refractivity (Wildman–Crippen MR) is 80.6 cm³/mol. The number of benzene rings is 1. The lowest BCUT2D eigenvalue weighted by molar-refractivity contribution is 0.239. The fourth-order valence-corrected chi connectivity index (χ4v) is 2.00. The summed E-state index contributed by atoms with van der Waals surface area (Å²) in [4.78, 5) is 15.8. The molecule has 0 atom stereocenters. The van der Waals surface area contributed by atoms with Crippen molar-refractivity contribution in [3.63, 3.8) is 0 Å². The molecule has 0 spiro atoms. The summed E-state index contributed by atoms with van der Waals surface area (Å²) >= 11 is 0. The molecule has 1 aromatic heterocycles. The lowest BCUT2D eigenvalue weighted by Crippen LogP contribution is -2.38. The van der Waals surface area contributed by atoms with Gasteiger partial charge in [-0.05, 0) is 24.5 Å². The number of aromatic nitrogens is 2. The zero-order valence-electron chi connectivity index (χ0n) is 12.1. The largest absolute Gasteiger partial charge is 0.338 e. The zero-order chi connectivity index (χ0) is 14.4. The van der Waals surface area contributed by atoms with Crippen molar-refractivity contribution in [1.82, 2.24) is 20.2 Å². The van der Waals surface area contributed by atoms with E-state index in [-0.39, 0.29) is 6.03 Å².